The number of carbonyl (C=O) groups excluding carboxylic acids is 1. The zero-order chi connectivity index (χ0) is 17.1. The van der Waals surface area contributed by atoms with Crippen molar-refractivity contribution in [1.82, 2.24) is 4.90 Å². The van der Waals surface area contributed by atoms with Crippen molar-refractivity contribution in [2.45, 2.75) is 13.5 Å². The van der Waals surface area contributed by atoms with Crippen LogP contribution in [0.25, 0.3) is 0 Å². The Hall–Kier alpha value is -1.72. The van der Waals surface area contributed by atoms with Crippen molar-refractivity contribution in [1.29, 1.82) is 0 Å². The lowest BCUT2D eigenvalue weighted by molar-refractivity contribution is -0.917. The largest absolute Gasteiger partial charge is 0.328 e. The minimum absolute atomic E-state index is 0.145. The van der Waals surface area contributed by atoms with Gasteiger partial charge < -0.3 is 9.80 Å². The van der Waals surface area contributed by atoms with Gasteiger partial charge in [0.2, 0.25) is 0 Å². The Morgan fingerprint density at radius 2 is 1.92 bits per heavy atom. The first-order chi connectivity index (χ1) is 11.5. The van der Waals surface area contributed by atoms with E-state index in [1.54, 1.807) is 17.0 Å². The van der Waals surface area contributed by atoms with E-state index in [9.17, 15) is 9.18 Å². The van der Waals surface area contributed by atoms with E-state index in [4.69, 9.17) is 0 Å². The van der Waals surface area contributed by atoms with E-state index in [1.165, 1.54) is 22.1 Å². The lowest BCUT2D eigenvalue weighted by Gasteiger charge is -2.32. The molecule has 0 bridgehead atoms. The van der Waals surface area contributed by atoms with Gasteiger partial charge in [-0.3, -0.25) is 4.79 Å². The maximum Gasteiger partial charge on any atom is 0.257 e. The molecule has 0 saturated carbocycles. The summed E-state index contributed by atoms with van der Waals surface area (Å²) in [6.07, 6.45) is 0. The van der Waals surface area contributed by atoms with Gasteiger partial charge in [-0.25, -0.2) is 4.39 Å². The van der Waals surface area contributed by atoms with Crippen LogP contribution in [-0.4, -0.2) is 37.0 Å². The predicted molar refractivity (Wildman–Crippen MR) is 95.6 cm³/mol. The quantitative estimate of drug-likeness (QED) is 0.853. The fraction of sp³-hybridized carbons (Fsp3) is 0.316. The Morgan fingerprint density at radius 1 is 1.21 bits per heavy atom. The van der Waals surface area contributed by atoms with E-state index in [1.807, 2.05) is 0 Å². The van der Waals surface area contributed by atoms with Crippen LogP contribution in [0.5, 0.6) is 0 Å². The third kappa shape index (κ3) is 3.84. The second-order valence-corrected chi connectivity index (χ2v) is 7.19. The first kappa shape index (κ1) is 17.1. The molecule has 0 aliphatic carbocycles. The maximum atomic E-state index is 13.9. The van der Waals surface area contributed by atoms with Gasteiger partial charge in [0, 0.05) is 10.0 Å². The Kier molecular flexibility index (Phi) is 5.31. The van der Waals surface area contributed by atoms with Crippen molar-refractivity contribution in [2.75, 3.05) is 26.2 Å². The molecule has 1 N–H and O–H groups in total. The molecule has 0 spiro atoms. The molecule has 0 aromatic heterocycles. The molecule has 0 unspecified atom stereocenters. The average Bonchev–Trinajstić information content (AvgIpc) is 2.59. The van der Waals surface area contributed by atoms with Gasteiger partial charge in [-0.1, -0.05) is 40.2 Å². The van der Waals surface area contributed by atoms with E-state index < -0.39 is 5.82 Å². The summed E-state index contributed by atoms with van der Waals surface area (Å²) >= 11 is 3.30. The molecule has 1 amide bonds. The van der Waals surface area contributed by atoms with Crippen LogP contribution < -0.4 is 4.90 Å². The van der Waals surface area contributed by atoms with Crippen LogP contribution in [0, 0.1) is 12.7 Å². The minimum Gasteiger partial charge on any atom is -0.328 e. The van der Waals surface area contributed by atoms with Crippen molar-refractivity contribution in [3.05, 3.63) is 69.4 Å². The lowest BCUT2D eigenvalue weighted by Crippen LogP contribution is -3.13. The molecule has 5 heteroatoms. The summed E-state index contributed by atoms with van der Waals surface area (Å²) in [6, 6.07) is 12.9. The Bertz CT molecular complexity index is 742. The highest BCUT2D eigenvalue weighted by atomic mass is 79.9. The third-order valence-electron chi connectivity index (χ3n) is 4.62. The van der Waals surface area contributed by atoms with Gasteiger partial charge >= 0.3 is 0 Å². The number of piperazine rings is 1. The Balaban J connectivity index is 1.61. The van der Waals surface area contributed by atoms with Gasteiger partial charge in [0.1, 0.15) is 12.4 Å². The molecule has 1 heterocycles. The molecular formula is C19H21BrFN2O+. The fourth-order valence-corrected chi connectivity index (χ4v) is 3.47. The summed E-state index contributed by atoms with van der Waals surface area (Å²) in [4.78, 5) is 15.8. The predicted octanol–water partition coefficient (Wildman–Crippen LogP) is 2.44. The lowest BCUT2D eigenvalue weighted by atomic mass is 10.1. The number of nitrogens with one attached hydrogen (secondary N) is 1. The molecule has 2 aromatic rings. The molecule has 3 nitrogen and oxygen atoms in total. The molecule has 24 heavy (non-hydrogen) atoms. The van der Waals surface area contributed by atoms with Crippen molar-refractivity contribution < 1.29 is 14.1 Å². The van der Waals surface area contributed by atoms with E-state index in [2.05, 4.69) is 47.1 Å². The minimum atomic E-state index is -0.460. The third-order valence-corrected chi connectivity index (χ3v) is 5.11. The van der Waals surface area contributed by atoms with Gasteiger partial charge in [0.25, 0.3) is 5.91 Å². The van der Waals surface area contributed by atoms with Crippen LogP contribution in [0.15, 0.2) is 46.9 Å². The van der Waals surface area contributed by atoms with Crippen molar-refractivity contribution >= 4 is 21.8 Å². The first-order valence-corrected chi connectivity index (χ1v) is 8.96. The highest BCUT2D eigenvalue weighted by Gasteiger charge is 2.26. The van der Waals surface area contributed by atoms with E-state index in [-0.39, 0.29) is 11.5 Å². The molecule has 1 aliphatic heterocycles. The number of amides is 1. The second kappa shape index (κ2) is 7.45. The number of halogens is 2. The number of hydrogen-bond acceptors (Lipinski definition) is 1. The van der Waals surface area contributed by atoms with E-state index >= 15 is 0 Å². The number of hydrogen-bond donors (Lipinski definition) is 1. The number of rotatable bonds is 3. The average molecular weight is 392 g/mol. The zero-order valence-corrected chi connectivity index (χ0v) is 15.3. The molecule has 0 atom stereocenters. The molecule has 126 valence electrons. The summed E-state index contributed by atoms with van der Waals surface area (Å²) in [7, 11) is 0. The van der Waals surface area contributed by atoms with Crippen LogP contribution in [0.4, 0.5) is 4.39 Å². The monoisotopic (exact) mass is 391 g/mol. The molecule has 2 aromatic carbocycles. The molecular weight excluding hydrogens is 371 g/mol. The summed E-state index contributed by atoms with van der Waals surface area (Å²) < 4.78 is 14.6. The molecule has 0 radical (unpaired) electrons. The topological polar surface area (TPSA) is 24.8 Å². The maximum absolute atomic E-state index is 13.9. The Morgan fingerprint density at radius 3 is 2.62 bits per heavy atom. The summed E-state index contributed by atoms with van der Waals surface area (Å²) in [5.74, 6) is -0.679. The van der Waals surface area contributed by atoms with Gasteiger partial charge in [-0.2, -0.15) is 0 Å². The molecule has 3 rings (SSSR count). The van der Waals surface area contributed by atoms with Gasteiger partial charge in [0.15, 0.2) is 0 Å². The van der Waals surface area contributed by atoms with Crippen molar-refractivity contribution in [2.24, 2.45) is 0 Å². The van der Waals surface area contributed by atoms with Crippen molar-refractivity contribution in [3.8, 4) is 0 Å². The molecule has 1 saturated heterocycles. The highest BCUT2D eigenvalue weighted by Crippen LogP contribution is 2.17. The van der Waals surface area contributed by atoms with Gasteiger partial charge in [-0.15, -0.1) is 0 Å². The molecule has 1 fully saturated rings. The standard InChI is InChI=1S/C19H20BrFN2O/c1-14-4-2-3-5-15(14)13-22-8-10-23(11-9-22)19(24)17-12-16(20)6-7-18(17)21/h2-7,12H,8-11,13H2,1H3/p+1. The van der Waals surface area contributed by atoms with E-state index in [0.29, 0.717) is 13.1 Å². The number of nitrogens with zero attached hydrogens (tertiary/aromatic N) is 1. The van der Waals surface area contributed by atoms with Crippen LogP contribution in [0.3, 0.4) is 0 Å². The summed E-state index contributed by atoms with van der Waals surface area (Å²) in [5, 5.41) is 0. The van der Waals surface area contributed by atoms with Crippen LogP contribution in [0.1, 0.15) is 21.5 Å². The van der Waals surface area contributed by atoms with E-state index in [0.717, 1.165) is 24.1 Å². The first-order valence-electron chi connectivity index (χ1n) is 8.17. The van der Waals surface area contributed by atoms with Crippen LogP contribution in [0.2, 0.25) is 0 Å². The van der Waals surface area contributed by atoms with Crippen molar-refractivity contribution in [3.63, 3.8) is 0 Å². The van der Waals surface area contributed by atoms with Crippen LogP contribution >= 0.6 is 15.9 Å². The van der Waals surface area contributed by atoms with Crippen LogP contribution in [-0.2, 0) is 6.54 Å². The Labute approximate surface area is 150 Å². The second-order valence-electron chi connectivity index (χ2n) is 6.27. The van der Waals surface area contributed by atoms with Gasteiger partial charge in [0.05, 0.1) is 31.7 Å². The SMILES string of the molecule is Cc1ccccc1C[NH+]1CCN(C(=O)c2cc(Br)ccc2F)CC1. The summed E-state index contributed by atoms with van der Waals surface area (Å²) in [6.45, 7) is 6.19. The number of carbonyl (C=O) groups is 1. The van der Waals surface area contributed by atoms with Gasteiger partial charge in [-0.05, 0) is 30.7 Å². The normalized spacial score (nSPS) is 15.5. The molecule has 1 aliphatic rings. The summed E-state index contributed by atoms with van der Waals surface area (Å²) in [5.41, 5.74) is 2.80. The smallest absolute Gasteiger partial charge is 0.257 e. The number of benzene rings is 2. The number of quaternary nitrogens is 1. The fourth-order valence-electron chi connectivity index (χ4n) is 3.11. The zero-order valence-electron chi connectivity index (χ0n) is 13.7. The number of aryl methyl sites for hydroxylation is 1. The highest BCUT2D eigenvalue weighted by molar-refractivity contribution is 9.10.